The monoisotopic (exact) mass is 1000 g/mol. The molecular weight excluding hydrogens is 939 g/mol. The minimum Gasteiger partial charge on any atom is -0.664 e. The second-order valence-corrected chi connectivity index (χ2v) is 18.3. The van der Waals surface area contributed by atoms with Gasteiger partial charge in [0.15, 0.2) is 0 Å². The summed E-state index contributed by atoms with van der Waals surface area (Å²) < 4.78 is 0. The van der Waals surface area contributed by atoms with Crippen molar-refractivity contribution in [2.24, 2.45) is 20.0 Å². The number of aliphatic imine (C=N–C) groups is 4. The van der Waals surface area contributed by atoms with Gasteiger partial charge in [-0.3, -0.25) is 20.0 Å². The third-order valence-electron chi connectivity index (χ3n) is 14.2. The first-order valence-corrected chi connectivity index (χ1v) is 23.8. The zero-order chi connectivity index (χ0) is 47.7. The summed E-state index contributed by atoms with van der Waals surface area (Å²) in [4.78, 5) is 38.1. The maximum atomic E-state index is 4.91. The van der Waals surface area contributed by atoms with Gasteiger partial charge in [0.2, 0.25) is 0 Å². The van der Waals surface area contributed by atoms with E-state index >= 15 is 0 Å². The average Bonchev–Trinajstić information content (AvgIpc) is 4.17. The fourth-order valence-electron chi connectivity index (χ4n) is 9.94. The number of hydrogen-bond donors (Lipinski definition) is 0. The van der Waals surface area contributed by atoms with Gasteiger partial charge in [-0.15, -0.1) is 22.8 Å². The van der Waals surface area contributed by atoms with Gasteiger partial charge in [-0.1, -0.05) is 110 Å². The van der Waals surface area contributed by atoms with Crippen molar-refractivity contribution in [1.29, 1.82) is 0 Å². The van der Waals surface area contributed by atoms with Gasteiger partial charge in [-0.2, -0.15) is 23.8 Å². The minimum absolute atomic E-state index is 0. The van der Waals surface area contributed by atoms with Gasteiger partial charge in [0.25, 0.3) is 0 Å². The fourth-order valence-corrected chi connectivity index (χ4v) is 9.94. The van der Waals surface area contributed by atoms with Crippen LogP contribution in [0.1, 0.15) is 161 Å². The van der Waals surface area contributed by atoms with Gasteiger partial charge < -0.3 is 19.9 Å². The van der Waals surface area contributed by atoms with Crippen molar-refractivity contribution in [1.82, 2.24) is 19.9 Å². The van der Waals surface area contributed by atoms with Crippen LogP contribution in [-0.2, 0) is 64.6 Å². The Morgan fingerprint density at radius 3 is 1.12 bits per heavy atom. The van der Waals surface area contributed by atoms with Crippen LogP contribution >= 0.6 is 0 Å². The molecule has 68 heavy (non-hydrogen) atoms. The molecule has 4 aliphatic heterocycles. The second-order valence-electron chi connectivity index (χ2n) is 18.3. The third kappa shape index (κ3) is 10.7. The number of hydrogen-bond acceptors (Lipinski definition) is 4. The third-order valence-corrected chi connectivity index (χ3v) is 14.2. The summed E-state index contributed by atoms with van der Waals surface area (Å²) in [5.74, 6) is 0. The number of nitrogens with zero attached hydrogens (tertiary/aromatic N) is 8. The molecule has 0 saturated heterocycles. The fraction of sp³-hybridized carbons (Fsp3) is 0.379. The Morgan fingerprint density at radius 1 is 0.426 bits per heavy atom. The van der Waals surface area contributed by atoms with E-state index in [4.69, 9.17) is 20.0 Å². The smallest absolute Gasteiger partial charge is 0.664 e. The Balaban J connectivity index is 0.000000247. The van der Waals surface area contributed by atoms with Crippen molar-refractivity contribution in [3.05, 3.63) is 158 Å². The molecule has 0 bridgehead atoms. The molecular formula is C58H68N8Zn2. The van der Waals surface area contributed by atoms with Crippen molar-refractivity contribution in [2.45, 2.75) is 149 Å². The number of aromatic nitrogens is 4. The van der Waals surface area contributed by atoms with Crippen molar-refractivity contribution in [2.75, 3.05) is 0 Å². The molecule has 8 heterocycles. The van der Waals surface area contributed by atoms with Gasteiger partial charge in [-0.05, 0) is 152 Å². The standard InChI is InChI=1S/2C29H34N4.2Zn/c2*1-9-22-16(3)14-30-28(22)12-26-18(5)24(20(7)32-26)11-25-19(6)27(33-21(25)8)13-29-23(10-2)17(4)15-31-29;;/h2*12-15H,9-11H2,1-8H3;;/q2*-2;2*+2/b2*26-12-,29-13+;;. The van der Waals surface area contributed by atoms with E-state index in [0.717, 1.165) is 107 Å². The second kappa shape index (κ2) is 22.6. The Labute approximate surface area is 432 Å². The summed E-state index contributed by atoms with van der Waals surface area (Å²) in [6.45, 7) is 34.4. The quantitative estimate of drug-likeness (QED) is 0.132. The zero-order valence-electron chi connectivity index (χ0n) is 43.9. The van der Waals surface area contributed by atoms with Crippen LogP contribution in [0.4, 0.5) is 0 Å². The molecule has 0 N–H and O–H groups in total. The van der Waals surface area contributed by atoms with E-state index in [0.29, 0.717) is 0 Å². The van der Waals surface area contributed by atoms with E-state index in [-0.39, 0.29) is 39.0 Å². The van der Waals surface area contributed by atoms with Gasteiger partial charge in [0, 0.05) is 23.9 Å². The SMILES string of the molecule is CCC1=C(C)C=N/C1=C/c1[n-]c(C)c(CC2=C(C)/C(=C/c3[n-]cc(C)c3CC)N=C2C)c1C.CCC1=C(C)C=N/C1=C/c1[n-]c(C)c(CC2=C(C)/C(=C/c3[n-]cc(C)c3CC)N=C2C)c1C.[Zn+2].[Zn+2]. The maximum absolute atomic E-state index is 4.91. The molecule has 0 amide bonds. The van der Waals surface area contributed by atoms with E-state index in [1.807, 2.05) is 24.8 Å². The molecule has 0 aliphatic carbocycles. The summed E-state index contributed by atoms with van der Waals surface area (Å²) >= 11 is 0. The van der Waals surface area contributed by atoms with Gasteiger partial charge in [0.05, 0.1) is 22.8 Å². The van der Waals surface area contributed by atoms with E-state index in [1.165, 1.54) is 89.1 Å². The van der Waals surface area contributed by atoms with Crippen LogP contribution in [0.3, 0.4) is 0 Å². The van der Waals surface area contributed by atoms with E-state index in [1.54, 1.807) is 0 Å². The predicted octanol–water partition coefficient (Wildman–Crippen LogP) is 13.2. The summed E-state index contributed by atoms with van der Waals surface area (Å²) in [5.41, 5.74) is 33.1. The molecule has 0 radical (unpaired) electrons. The molecule has 344 valence electrons. The normalized spacial score (nSPS) is 18.1. The maximum Gasteiger partial charge on any atom is 2.00 e. The Morgan fingerprint density at radius 2 is 0.779 bits per heavy atom. The van der Waals surface area contributed by atoms with Crippen LogP contribution in [-0.4, -0.2) is 23.9 Å². The zero-order valence-corrected chi connectivity index (χ0v) is 49.8. The van der Waals surface area contributed by atoms with Crippen LogP contribution in [0, 0.1) is 41.5 Å². The number of allylic oxidation sites excluding steroid dienone is 8. The van der Waals surface area contributed by atoms with Gasteiger partial charge in [-0.25, -0.2) is 0 Å². The predicted molar refractivity (Wildman–Crippen MR) is 280 cm³/mol. The Hall–Kier alpha value is -5.03. The summed E-state index contributed by atoms with van der Waals surface area (Å²) in [6, 6.07) is 0. The van der Waals surface area contributed by atoms with Gasteiger partial charge >= 0.3 is 39.0 Å². The first kappa shape index (κ1) is 53.9. The molecule has 10 heteroatoms. The van der Waals surface area contributed by atoms with Gasteiger partial charge in [0.1, 0.15) is 0 Å². The molecule has 0 atom stereocenters. The van der Waals surface area contributed by atoms with E-state index in [2.05, 4.69) is 155 Å². The molecule has 4 aromatic heterocycles. The van der Waals surface area contributed by atoms with Crippen molar-refractivity contribution < 1.29 is 39.0 Å². The molecule has 0 aromatic carbocycles. The Kier molecular flexibility index (Phi) is 17.9. The van der Waals surface area contributed by atoms with Crippen LogP contribution < -0.4 is 19.9 Å². The molecule has 4 aliphatic rings. The van der Waals surface area contributed by atoms with Crippen molar-refractivity contribution in [3.8, 4) is 0 Å². The van der Waals surface area contributed by atoms with Crippen molar-refractivity contribution in [3.63, 3.8) is 0 Å². The average molecular weight is 1010 g/mol. The van der Waals surface area contributed by atoms with E-state index < -0.39 is 0 Å². The van der Waals surface area contributed by atoms with Crippen LogP contribution in [0.5, 0.6) is 0 Å². The van der Waals surface area contributed by atoms with E-state index in [9.17, 15) is 0 Å². The Bertz CT molecular complexity index is 2810. The van der Waals surface area contributed by atoms with Crippen molar-refractivity contribution >= 4 is 48.2 Å². The van der Waals surface area contributed by atoms with Crippen LogP contribution in [0.2, 0.25) is 0 Å². The molecule has 8 nitrogen and oxygen atoms in total. The largest absolute Gasteiger partial charge is 2.00 e. The van der Waals surface area contributed by atoms with Crippen LogP contribution in [0.15, 0.2) is 99.7 Å². The summed E-state index contributed by atoms with van der Waals surface area (Å²) in [7, 11) is 0. The van der Waals surface area contributed by atoms with Crippen LogP contribution in [0.25, 0.3) is 24.3 Å². The molecule has 4 aromatic rings. The molecule has 0 unspecified atom stereocenters. The number of rotatable bonds is 12. The topological polar surface area (TPSA) is 106 Å². The molecule has 0 saturated carbocycles. The molecule has 8 rings (SSSR count). The molecule has 0 fully saturated rings. The summed E-state index contributed by atoms with van der Waals surface area (Å²) in [5, 5.41) is 0. The number of aryl methyl sites for hydroxylation is 4. The molecule has 0 spiro atoms. The first-order valence-electron chi connectivity index (χ1n) is 23.8. The minimum atomic E-state index is 0. The first-order chi connectivity index (χ1) is 31.5. The summed E-state index contributed by atoms with van der Waals surface area (Å²) in [6.07, 6.45) is 22.1.